The number of anilines is 1. The van der Waals surface area contributed by atoms with E-state index in [9.17, 15) is 14.4 Å². The molecule has 0 spiro atoms. The molecule has 0 unspecified atom stereocenters. The third-order valence-corrected chi connectivity index (χ3v) is 4.42. The lowest BCUT2D eigenvalue weighted by Gasteiger charge is -2.09. The number of nitrogens with one attached hydrogen (secondary N) is 1. The minimum atomic E-state index is -0.520. The summed E-state index contributed by atoms with van der Waals surface area (Å²) in [7, 11) is 1.55. The van der Waals surface area contributed by atoms with Crippen molar-refractivity contribution in [2.24, 2.45) is 5.73 Å². The van der Waals surface area contributed by atoms with E-state index in [0.29, 0.717) is 28.3 Å². The first-order chi connectivity index (χ1) is 15.4. The molecule has 0 atom stereocenters. The molecule has 3 rings (SSSR count). The molecule has 2 amide bonds. The van der Waals surface area contributed by atoms with Gasteiger partial charge in [0.2, 0.25) is 5.91 Å². The molecule has 0 aliphatic rings. The molecule has 3 aromatic carbocycles. The Morgan fingerprint density at radius 1 is 0.875 bits per heavy atom. The predicted molar refractivity (Wildman–Crippen MR) is 118 cm³/mol. The van der Waals surface area contributed by atoms with Crippen LogP contribution in [0.4, 0.5) is 5.69 Å². The van der Waals surface area contributed by atoms with Gasteiger partial charge in [0.15, 0.2) is 6.61 Å². The number of nitrogens with two attached hydrogens (primary N) is 1. The fourth-order valence-electron chi connectivity index (χ4n) is 2.73. The number of amides is 2. The minimum Gasteiger partial charge on any atom is -0.497 e. The van der Waals surface area contributed by atoms with Gasteiger partial charge in [-0.3, -0.25) is 9.59 Å². The van der Waals surface area contributed by atoms with Gasteiger partial charge in [-0.25, -0.2) is 4.79 Å². The zero-order chi connectivity index (χ0) is 22.9. The summed E-state index contributed by atoms with van der Waals surface area (Å²) in [6.45, 7) is -0.136. The Morgan fingerprint density at radius 3 is 2.22 bits per heavy atom. The first-order valence-electron chi connectivity index (χ1n) is 9.67. The second-order valence-electron chi connectivity index (χ2n) is 6.73. The van der Waals surface area contributed by atoms with Gasteiger partial charge < -0.3 is 25.3 Å². The van der Waals surface area contributed by atoms with Crippen molar-refractivity contribution < 1.29 is 28.6 Å². The van der Waals surface area contributed by atoms with Gasteiger partial charge >= 0.3 is 5.97 Å². The molecule has 0 heterocycles. The minimum absolute atomic E-state index is 0.0561. The number of carbonyl (C=O) groups is 3. The van der Waals surface area contributed by atoms with Crippen LogP contribution in [-0.2, 0) is 16.1 Å². The molecule has 0 aliphatic heterocycles. The van der Waals surface area contributed by atoms with Gasteiger partial charge in [-0.2, -0.15) is 0 Å². The maximum Gasteiger partial charge on any atom is 0.338 e. The summed E-state index contributed by atoms with van der Waals surface area (Å²) in [6, 6.07) is 19.7. The van der Waals surface area contributed by atoms with E-state index in [4.69, 9.17) is 19.9 Å². The smallest absolute Gasteiger partial charge is 0.338 e. The van der Waals surface area contributed by atoms with Gasteiger partial charge in [0, 0.05) is 17.3 Å². The second-order valence-corrected chi connectivity index (χ2v) is 6.73. The van der Waals surface area contributed by atoms with Gasteiger partial charge in [0.05, 0.1) is 12.7 Å². The summed E-state index contributed by atoms with van der Waals surface area (Å²) in [5.41, 5.74) is 7.24. The molecule has 0 aromatic heterocycles. The van der Waals surface area contributed by atoms with Crippen LogP contribution in [0.15, 0.2) is 72.8 Å². The standard InChI is InChI=1S/C24H22N2O6/c1-30-21-4-2-3-19(13-21)26-22(27)15-31-20-11-9-18(10-12-20)24(29)32-14-16-5-7-17(8-6-16)23(25)28/h2-13H,14-15H2,1H3,(H2,25,28)(H,26,27). The summed E-state index contributed by atoms with van der Waals surface area (Å²) in [5, 5.41) is 2.71. The average Bonchev–Trinajstić information content (AvgIpc) is 2.82. The Labute approximate surface area is 184 Å². The van der Waals surface area contributed by atoms with Crippen LogP contribution in [0.5, 0.6) is 11.5 Å². The quantitative estimate of drug-likeness (QED) is 0.500. The van der Waals surface area contributed by atoms with Gasteiger partial charge in [-0.15, -0.1) is 0 Å². The fraction of sp³-hybridized carbons (Fsp3) is 0.125. The molecule has 3 aromatic rings. The van der Waals surface area contributed by atoms with Crippen molar-refractivity contribution in [1.29, 1.82) is 0 Å². The van der Waals surface area contributed by atoms with Gasteiger partial charge in [0.1, 0.15) is 18.1 Å². The molecular formula is C24H22N2O6. The Balaban J connectivity index is 1.46. The highest BCUT2D eigenvalue weighted by atomic mass is 16.5. The lowest BCUT2D eigenvalue weighted by molar-refractivity contribution is -0.118. The van der Waals surface area contributed by atoms with Crippen LogP contribution in [-0.4, -0.2) is 31.5 Å². The van der Waals surface area contributed by atoms with E-state index in [1.165, 1.54) is 0 Å². The molecule has 8 nitrogen and oxygen atoms in total. The Bertz CT molecular complexity index is 1090. The first kappa shape index (κ1) is 22.4. The number of rotatable bonds is 9. The first-order valence-corrected chi connectivity index (χ1v) is 9.67. The van der Waals surface area contributed by atoms with Crippen molar-refractivity contribution in [3.63, 3.8) is 0 Å². The maximum absolute atomic E-state index is 12.2. The number of ether oxygens (including phenoxy) is 3. The summed E-state index contributed by atoms with van der Waals surface area (Å²) in [6.07, 6.45) is 0. The molecule has 0 aliphatic carbocycles. The number of methoxy groups -OCH3 is 1. The maximum atomic E-state index is 12.2. The van der Waals surface area contributed by atoms with E-state index in [1.54, 1.807) is 79.9 Å². The summed E-state index contributed by atoms with van der Waals surface area (Å²) in [4.78, 5) is 35.4. The van der Waals surface area contributed by atoms with Crippen LogP contribution < -0.4 is 20.5 Å². The van der Waals surface area contributed by atoms with Crippen molar-refractivity contribution in [1.82, 2.24) is 0 Å². The van der Waals surface area contributed by atoms with Gasteiger partial charge in [-0.1, -0.05) is 18.2 Å². The summed E-state index contributed by atoms with van der Waals surface area (Å²) in [5.74, 6) is -0.290. The molecule has 0 fully saturated rings. The van der Waals surface area contributed by atoms with E-state index < -0.39 is 11.9 Å². The molecule has 3 N–H and O–H groups in total. The van der Waals surface area contributed by atoms with Gasteiger partial charge in [0.25, 0.3) is 5.91 Å². The largest absolute Gasteiger partial charge is 0.497 e. The van der Waals surface area contributed by atoms with Crippen LogP contribution in [0.25, 0.3) is 0 Å². The number of esters is 1. The molecular weight excluding hydrogens is 412 g/mol. The van der Waals surface area contributed by atoms with E-state index in [2.05, 4.69) is 5.32 Å². The molecule has 164 valence electrons. The van der Waals surface area contributed by atoms with Crippen molar-refractivity contribution in [2.75, 3.05) is 19.0 Å². The lowest BCUT2D eigenvalue weighted by atomic mass is 10.1. The normalized spacial score (nSPS) is 10.2. The van der Waals surface area contributed by atoms with E-state index in [0.717, 1.165) is 5.56 Å². The summed E-state index contributed by atoms with van der Waals surface area (Å²) >= 11 is 0. The third kappa shape index (κ3) is 6.33. The number of hydrogen-bond acceptors (Lipinski definition) is 6. The zero-order valence-corrected chi connectivity index (χ0v) is 17.4. The Morgan fingerprint density at radius 2 is 1.56 bits per heavy atom. The van der Waals surface area contributed by atoms with Crippen LogP contribution in [0.3, 0.4) is 0 Å². The molecule has 0 radical (unpaired) electrons. The molecule has 8 heteroatoms. The van der Waals surface area contributed by atoms with Crippen molar-refractivity contribution in [3.8, 4) is 11.5 Å². The monoisotopic (exact) mass is 434 g/mol. The van der Waals surface area contributed by atoms with Crippen LogP contribution in [0, 0.1) is 0 Å². The number of benzene rings is 3. The Kier molecular flexibility index (Phi) is 7.42. The lowest BCUT2D eigenvalue weighted by Crippen LogP contribution is -2.20. The highest BCUT2D eigenvalue weighted by Crippen LogP contribution is 2.17. The SMILES string of the molecule is COc1cccc(NC(=O)COc2ccc(C(=O)OCc3ccc(C(N)=O)cc3)cc2)c1. The van der Waals surface area contributed by atoms with Crippen LogP contribution in [0.2, 0.25) is 0 Å². The Hall–Kier alpha value is -4.33. The topological polar surface area (TPSA) is 117 Å². The highest BCUT2D eigenvalue weighted by molar-refractivity contribution is 5.93. The van der Waals surface area contributed by atoms with Crippen molar-refractivity contribution in [2.45, 2.75) is 6.61 Å². The predicted octanol–water partition coefficient (Wildman–Crippen LogP) is 3.17. The van der Waals surface area contributed by atoms with Crippen molar-refractivity contribution >= 4 is 23.5 Å². The third-order valence-electron chi connectivity index (χ3n) is 4.42. The summed E-state index contributed by atoms with van der Waals surface area (Å²) < 4.78 is 15.8. The van der Waals surface area contributed by atoms with Crippen molar-refractivity contribution in [3.05, 3.63) is 89.5 Å². The zero-order valence-electron chi connectivity index (χ0n) is 17.4. The average molecular weight is 434 g/mol. The van der Waals surface area contributed by atoms with Gasteiger partial charge in [-0.05, 0) is 54.1 Å². The highest BCUT2D eigenvalue weighted by Gasteiger charge is 2.09. The number of carbonyl (C=O) groups excluding carboxylic acids is 3. The molecule has 0 saturated heterocycles. The fourth-order valence-corrected chi connectivity index (χ4v) is 2.73. The molecule has 32 heavy (non-hydrogen) atoms. The van der Waals surface area contributed by atoms with E-state index in [1.807, 2.05) is 0 Å². The molecule has 0 saturated carbocycles. The van der Waals surface area contributed by atoms with E-state index in [-0.39, 0.29) is 19.1 Å². The van der Waals surface area contributed by atoms with Crippen LogP contribution in [0.1, 0.15) is 26.3 Å². The van der Waals surface area contributed by atoms with Crippen LogP contribution >= 0.6 is 0 Å². The number of primary amides is 1. The molecule has 0 bridgehead atoms. The van der Waals surface area contributed by atoms with E-state index >= 15 is 0 Å². The number of hydrogen-bond donors (Lipinski definition) is 2. The second kappa shape index (κ2) is 10.6.